The first-order valence-corrected chi connectivity index (χ1v) is 5.04. The Morgan fingerprint density at radius 2 is 2.42 bits per heavy atom. The van der Waals surface area contributed by atoms with Crippen LogP contribution in [0.5, 0.6) is 5.88 Å². The van der Waals surface area contributed by atoms with Gasteiger partial charge in [0.1, 0.15) is 0 Å². The molecule has 0 fully saturated rings. The predicted molar refractivity (Wildman–Crippen MR) is 52.9 cm³/mol. The van der Waals surface area contributed by atoms with Crippen LogP contribution in [0.1, 0.15) is 12.0 Å². The molecule has 0 aromatic carbocycles. The van der Waals surface area contributed by atoms with E-state index in [0.29, 0.717) is 0 Å². The van der Waals surface area contributed by atoms with E-state index in [9.17, 15) is 0 Å². The Morgan fingerprint density at radius 3 is 3.08 bits per heavy atom. The minimum absolute atomic E-state index is 0.749. The Kier molecular flexibility index (Phi) is 4.08. The van der Waals surface area contributed by atoms with Crippen molar-refractivity contribution < 1.29 is 4.74 Å². The van der Waals surface area contributed by atoms with E-state index in [0.717, 1.165) is 24.1 Å². The second kappa shape index (κ2) is 5.14. The second-order valence-corrected chi connectivity index (χ2v) is 3.26. The molecule has 0 amide bonds. The van der Waals surface area contributed by atoms with Crippen molar-refractivity contribution in [3.8, 4) is 5.88 Å². The molecule has 66 valence electrons. The van der Waals surface area contributed by atoms with Crippen LogP contribution in [0.25, 0.3) is 0 Å². The third-order valence-corrected chi connectivity index (χ3v) is 2.18. The smallest absolute Gasteiger partial charge is 0.216 e. The number of nitrogens with zero attached hydrogens (tertiary/aromatic N) is 1. The monoisotopic (exact) mass is 229 g/mol. The van der Waals surface area contributed by atoms with Crippen LogP contribution in [0.3, 0.4) is 0 Å². The zero-order chi connectivity index (χ0) is 8.81. The average molecular weight is 230 g/mol. The van der Waals surface area contributed by atoms with E-state index >= 15 is 0 Å². The van der Waals surface area contributed by atoms with Crippen LogP contribution in [-0.2, 0) is 6.42 Å². The van der Waals surface area contributed by atoms with Crippen molar-refractivity contribution in [3.05, 3.63) is 23.9 Å². The van der Waals surface area contributed by atoms with E-state index in [2.05, 4.69) is 27.0 Å². The van der Waals surface area contributed by atoms with Crippen LogP contribution in [0.4, 0.5) is 0 Å². The maximum absolute atomic E-state index is 5.12. The van der Waals surface area contributed by atoms with Gasteiger partial charge in [-0.1, -0.05) is 22.0 Å². The second-order valence-electron chi connectivity index (χ2n) is 2.46. The average Bonchev–Trinajstić information content (AvgIpc) is 2.15. The molecule has 12 heavy (non-hydrogen) atoms. The van der Waals surface area contributed by atoms with Crippen LogP contribution in [0.15, 0.2) is 18.3 Å². The molecule has 2 nitrogen and oxygen atoms in total. The summed E-state index contributed by atoms with van der Waals surface area (Å²) in [5.74, 6) is 0.749. The molecule has 3 heteroatoms. The lowest BCUT2D eigenvalue weighted by Gasteiger charge is -2.04. The van der Waals surface area contributed by atoms with E-state index in [-0.39, 0.29) is 0 Å². The SMILES string of the molecule is COc1ncccc1CCCBr. The van der Waals surface area contributed by atoms with Gasteiger partial charge in [-0.15, -0.1) is 0 Å². The first-order chi connectivity index (χ1) is 5.88. The maximum Gasteiger partial charge on any atom is 0.216 e. The van der Waals surface area contributed by atoms with Crippen molar-refractivity contribution in [3.63, 3.8) is 0 Å². The topological polar surface area (TPSA) is 22.1 Å². The van der Waals surface area contributed by atoms with Gasteiger partial charge in [0, 0.05) is 17.1 Å². The Balaban J connectivity index is 2.68. The lowest BCUT2D eigenvalue weighted by molar-refractivity contribution is 0.392. The highest BCUT2D eigenvalue weighted by molar-refractivity contribution is 9.09. The summed E-state index contributed by atoms with van der Waals surface area (Å²) in [5.41, 5.74) is 1.18. The zero-order valence-corrected chi connectivity index (χ0v) is 8.67. The first-order valence-electron chi connectivity index (χ1n) is 3.92. The van der Waals surface area contributed by atoms with E-state index in [1.54, 1.807) is 13.3 Å². The fourth-order valence-corrected chi connectivity index (χ4v) is 1.34. The molecule has 0 saturated carbocycles. The van der Waals surface area contributed by atoms with Crippen LogP contribution >= 0.6 is 15.9 Å². The van der Waals surface area contributed by atoms with Gasteiger partial charge in [-0.2, -0.15) is 0 Å². The Bertz CT molecular complexity index is 240. The van der Waals surface area contributed by atoms with E-state index in [1.165, 1.54) is 5.56 Å². The van der Waals surface area contributed by atoms with Gasteiger partial charge in [-0.3, -0.25) is 0 Å². The summed E-state index contributed by atoms with van der Waals surface area (Å²) in [7, 11) is 1.65. The van der Waals surface area contributed by atoms with Gasteiger partial charge in [-0.05, 0) is 18.9 Å². The molecule has 1 heterocycles. The Labute approximate surface area is 81.1 Å². The highest BCUT2D eigenvalue weighted by atomic mass is 79.9. The summed E-state index contributed by atoms with van der Waals surface area (Å²) in [6, 6.07) is 3.99. The van der Waals surface area contributed by atoms with Gasteiger partial charge < -0.3 is 4.74 Å². The van der Waals surface area contributed by atoms with E-state index in [4.69, 9.17) is 4.74 Å². The molecule has 0 spiro atoms. The molecule has 0 N–H and O–H groups in total. The van der Waals surface area contributed by atoms with Crippen LogP contribution in [0.2, 0.25) is 0 Å². The van der Waals surface area contributed by atoms with Gasteiger partial charge in [-0.25, -0.2) is 4.98 Å². The fraction of sp³-hybridized carbons (Fsp3) is 0.444. The van der Waals surface area contributed by atoms with Crippen molar-refractivity contribution in [2.45, 2.75) is 12.8 Å². The molecule has 1 aromatic heterocycles. The molecular formula is C9H12BrNO. The third kappa shape index (κ3) is 2.48. The van der Waals surface area contributed by atoms with Crippen molar-refractivity contribution >= 4 is 15.9 Å². The van der Waals surface area contributed by atoms with Gasteiger partial charge in [0.05, 0.1) is 7.11 Å². The normalized spacial score (nSPS) is 9.83. The number of aromatic nitrogens is 1. The Hall–Kier alpha value is -0.570. The number of alkyl halides is 1. The van der Waals surface area contributed by atoms with Crippen molar-refractivity contribution in [1.29, 1.82) is 0 Å². The third-order valence-electron chi connectivity index (χ3n) is 1.62. The van der Waals surface area contributed by atoms with Gasteiger partial charge in [0.15, 0.2) is 0 Å². The minimum Gasteiger partial charge on any atom is -0.481 e. The molecule has 0 aliphatic heterocycles. The highest BCUT2D eigenvalue weighted by Crippen LogP contribution is 2.15. The summed E-state index contributed by atoms with van der Waals surface area (Å²) in [5, 5.41) is 1.02. The number of halogens is 1. The van der Waals surface area contributed by atoms with Gasteiger partial charge in [0.25, 0.3) is 0 Å². The standard InChI is InChI=1S/C9H12BrNO/c1-12-9-8(4-2-6-10)5-3-7-11-9/h3,5,7H,2,4,6H2,1H3. The molecule has 0 bridgehead atoms. The summed E-state index contributed by atoms with van der Waals surface area (Å²) in [4.78, 5) is 4.11. The zero-order valence-electron chi connectivity index (χ0n) is 7.09. The summed E-state index contributed by atoms with van der Waals surface area (Å²) < 4.78 is 5.12. The molecule has 0 aliphatic carbocycles. The van der Waals surface area contributed by atoms with Crippen LogP contribution < -0.4 is 4.74 Å². The Morgan fingerprint density at radius 1 is 1.58 bits per heavy atom. The molecule has 0 atom stereocenters. The molecule has 1 rings (SSSR count). The number of aryl methyl sites for hydroxylation is 1. The molecule has 1 aromatic rings. The highest BCUT2D eigenvalue weighted by Gasteiger charge is 2.01. The lowest BCUT2D eigenvalue weighted by atomic mass is 10.2. The molecule has 0 unspecified atom stereocenters. The number of rotatable bonds is 4. The lowest BCUT2D eigenvalue weighted by Crippen LogP contribution is -1.94. The van der Waals surface area contributed by atoms with Crippen molar-refractivity contribution in [2.24, 2.45) is 0 Å². The van der Waals surface area contributed by atoms with E-state index < -0.39 is 0 Å². The van der Waals surface area contributed by atoms with Crippen LogP contribution in [-0.4, -0.2) is 17.4 Å². The number of ether oxygens (including phenoxy) is 1. The number of hydrogen-bond acceptors (Lipinski definition) is 2. The molecule has 0 aliphatic rings. The molecule has 0 saturated heterocycles. The van der Waals surface area contributed by atoms with Gasteiger partial charge >= 0.3 is 0 Å². The largest absolute Gasteiger partial charge is 0.481 e. The summed E-state index contributed by atoms with van der Waals surface area (Å²) in [6.07, 6.45) is 3.88. The summed E-state index contributed by atoms with van der Waals surface area (Å²) in [6.45, 7) is 0. The molecule has 0 radical (unpaired) electrons. The predicted octanol–water partition coefficient (Wildman–Crippen LogP) is 2.42. The maximum atomic E-state index is 5.12. The summed E-state index contributed by atoms with van der Waals surface area (Å²) >= 11 is 3.39. The number of pyridine rings is 1. The van der Waals surface area contributed by atoms with Crippen LogP contribution in [0, 0.1) is 0 Å². The van der Waals surface area contributed by atoms with Crippen molar-refractivity contribution in [2.75, 3.05) is 12.4 Å². The number of methoxy groups -OCH3 is 1. The van der Waals surface area contributed by atoms with E-state index in [1.807, 2.05) is 6.07 Å². The quantitative estimate of drug-likeness (QED) is 0.741. The first kappa shape index (κ1) is 9.52. The minimum atomic E-state index is 0.749. The van der Waals surface area contributed by atoms with Crippen molar-refractivity contribution in [1.82, 2.24) is 4.98 Å². The molecular weight excluding hydrogens is 218 g/mol. The van der Waals surface area contributed by atoms with Gasteiger partial charge in [0.2, 0.25) is 5.88 Å². The number of hydrogen-bond donors (Lipinski definition) is 0. The fourth-order valence-electron chi connectivity index (χ4n) is 1.06.